The number of nitrogens with zero attached hydrogens (tertiary/aromatic N) is 2. The van der Waals surface area contributed by atoms with Crippen LogP contribution in [0.2, 0.25) is 0 Å². The van der Waals surface area contributed by atoms with E-state index in [9.17, 15) is 32.0 Å². The Kier molecular flexibility index (Phi) is 25.8. The van der Waals surface area contributed by atoms with E-state index >= 15 is 0 Å². The van der Waals surface area contributed by atoms with Crippen molar-refractivity contribution in [2.45, 2.75) is 132 Å². The lowest BCUT2D eigenvalue weighted by atomic mass is 10.1. The Morgan fingerprint density at radius 3 is 0.927 bits per heavy atom. The second-order valence-corrected chi connectivity index (χ2v) is 14.7. The molecule has 11 heteroatoms. The summed E-state index contributed by atoms with van der Waals surface area (Å²) in [5.41, 5.74) is 3.02. The zero-order chi connectivity index (χ0) is 41.1. The van der Waals surface area contributed by atoms with Crippen molar-refractivity contribution in [3.63, 3.8) is 0 Å². The maximum atomic E-state index is 12.6. The largest absolute Gasteiger partial charge is 0.860 e. The first-order chi connectivity index (χ1) is 26.4. The van der Waals surface area contributed by atoms with Gasteiger partial charge in [0.2, 0.25) is 29.1 Å². The van der Waals surface area contributed by atoms with Gasteiger partial charge < -0.3 is 23.7 Å². The molecule has 55 heavy (non-hydrogen) atoms. The van der Waals surface area contributed by atoms with Crippen LogP contribution in [0.4, 0.5) is 22.0 Å². The first kappa shape index (κ1) is 50.0. The molecule has 0 bridgehead atoms. The molecule has 0 amide bonds. The van der Waals surface area contributed by atoms with E-state index in [1.54, 1.807) is 0 Å². The van der Waals surface area contributed by atoms with Crippen molar-refractivity contribution in [1.82, 2.24) is 0 Å². The van der Waals surface area contributed by atoms with Crippen LogP contribution in [0.25, 0.3) is 0 Å². The molecule has 0 aliphatic rings. The van der Waals surface area contributed by atoms with Gasteiger partial charge in [-0.05, 0) is 38.5 Å². The first-order valence-electron chi connectivity index (χ1n) is 20.7. The third kappa shape index (κ3) is 18.7. The lowest BCUT2D eigenvalue weighted by Crippen LogP contribution is -2.50. The van der Waals surface area contributed by atoms with Crippen LogP contribution in [0.1, 0.15) is 130 Å². The van der Waals surface area contributed by atoms with Crippen molar-refractivity contribution in [2.24, 2.45) is 0 Å². The number of halogens is 5. The highest BCUT2D eigenvalue weighted by molar-refractivity contribution is 6.29. The second-order valence-electron chi connectivity index (χ2n) is 14.7. The number of hydrogen-bond acceptors (Lipinski definition) is 3. The Labute approximate surface area is 329 Å². The van der Waals surface area contributed by atoms with Crippen LogP contribution in [0, 0.1) is 29.1 Å². The van der Waals surface area contributed by atoms with E-state index < -0.39 is 42.2 Å². The summed E-state index contributed by atoms with van der Waals surface area (Å²) >= 11 is 0. The Morgan fingerprint density at radius 2 is 0.691 bits per heavy atom. The summed E-state index contributed by atoms with van der Waals surface area (Å²) in [7, 11) is -3.20. The number of hydrogen-bond donors (Lipinski definition) is 0. The van der Waals surface area contributed by atoms with Gasteiger partial charge in [-0.1, -0.05) is 141 Å². The van der Waals surface area contributed by atoms with Gasteiger partial charge in [-0.2, -0.15) is 8.78 Å². The minimum atomic E-state index is -3.20. The van der Waals surface area contributed by atoms with Crippen LogP contribution in [-0.4, -0.2) is 55.6 Å². The van der Waals surface area contributed by atoms with Crippen molar-refractivity contribution in [2.75, 3.05) is 39.3 Å². The number of benzene rings is 3. The van der Waals surface area contributed by atoms with E-state index in [0.717, 1.165) is 0 Å². The monoisotopic (exact) mass is 779 g/mol. The Morgan fingerprint density at radius 1 is 0.436 bits per heavy atom. The van der Waals surface area contributed by atoms with Crippen LogP contribution >= 0.6 is 0 Å². The quantitative estimate of drug-likeness (QED) is 0.0299. The van der Waals surface area contributed by atoms with Crippen LogP contribution in [-0.2, 0) is 13.1 Å². The normalized spacial score (nSPS) is 11.4. The molecular weight excluding hydrogens is 710 g/mol. The molecule has 0 N–H and O–H groups in total. The van der Waals surface area contributed by atoms with Gasteiger partial charge in [0, 0.05) is 11.1 Å². The molecule has 0 saturated heterocycles. The van der Waals surface area contributed by atoms with Gasteiger partial charge in [0.15, 0.2) is 5.75 Å². The van der Waals surface area contributed by atoms with Crippen LogP contribution in [0.15, 0.2) is 60.7 Å². The Bertz CT molecular complexity index is 1280. The van der Waals surface area contributed by atoms with E-state index in [1.807, 2.05) is 0 Å². The molecule has 0 radical (unpaired) electrons. The maximum absolute atomic E-state index is 12.6. The summed E-state index contributed by atoms with van der Waals surface area (Å²) in [5, 5.41) is 19.7. The summed E-state index contributed by atoms with van der Waals surface area (Å²) < 4.78 is 68.5. The number of quaternary nitrogens is 2. The fourth-order valence-corrected chi connectivity index (χ4v) is 6.83. The Hall–Kier alpha value is -2.99. The molecule has 0 spiro atoms. The summed E-state index contributed by atoms with van der Waals surface area (Å²) in [6.45, 7) is 24.5. The number of rotatable bonds is 24. The highest BCUT2D eigenvalue weighted by atomic mass is 19.2. The predicted octanol–water partition coefficient (Wildman–Crippen LogP) is 10.3. The third-order valence-electron chi connectivity index (χ3n) is 10.0. The summed E-state index contributed by atoms with van der Waals surface area (Å²) in [6, 6.07) is 22.2. The summed E-state index contributed by atoms with van der Waals surface area (Å²) in [4.78, 5) is 0. The zero-order valence-electron chi connectivity index (χ0n) is 34.5. The standard InChI is InChI=1S/2C19H34N.C6BF5O3/c2*1-4-7-15-20(16-8-5-2,17-9-6-3)18-19-13-11-10-12-14-19;8-1-2(9)4(11)6(15-7(13)14)5(12)3(1)10/h2*10-14H,4-9,15-18H2,1-3H3;/q2*+1;-2. The average molecular weight is 779 g/mol. The molecule has 0 aliphatic heterocycles. The zero-order valence-corrected chi connectivity index (χ0v) is 34.5. The van der Waals surface area contributed by atoms with E-state index in [-0.39, 0.29) is 0 Å². The highest BCUT2D eigenvalue weighted by Gasteiger charge is 2.28. The fourth-order valence-electron chi connectivity index (χ4n) is 6.83. The molecule has 0 saturated carbocycles. The van der Waals surface area contributed by atoms with Gasteiger partial charge in [-0.3, -0.25) is 0 Å². The second kappa shape index (κ2) is 28.4. The van der Waals surface area contributed by atoms with Crippen molar-refractivity contribution in [3.8, 4) is 5.75 Å². The van der Waals surface area contributed by atoms with Crippen LogP contribution in [0.5, 0.6) is 5.75 Å². The number of unbranched alkanes of at least 4 members (excludes halogenated alkanes) is 6. The third-order valence-corrected chi connectivity index (χ3v) is 10.0. The van der Waals surface area contributed by atoms with Crippen molar-refractivity contribution in [3.05, 3.63) is 101 Å². The van der Waals surface area contributed by atoms with Crippen LogP contribution < -0.4 is 14.7 Å². The molecule has 310 valence electrons. The molecule has 3 aromatic carbocycles. The summed E-state index contributed by atoms with van der Waals surface area (Å²) in [5.74, 6) is -13.6. The molecule has 5 nitrogen and oxygen atoms in total. The molecule has 0 aliphatic carbocycles. The lowest BCUT2D eigenvalue weighted by molar-refractivity contribution is -0.941. The van der Waals surface area contributed by atoms with Crippen molar-refractivity contribution < 1.29 is 45.6 Å². The lowest BCUT2D eigenvalue weighted by Gasteiger charge is -2.39. The topological polar surface area (TPSA) is 55.3 Å². The SMILES string of the molecule is CCCC[N+](CCCC)(CCCC)Cc1ccccc1.CCCC[N+](CCCC)(CCCC)Cc1ccccc1.[O-]B([O-])Oc1c(F)c(F)c(F)c(F)c1F. The maximum Gasteiger partial charge on any atom is 0.205 e. The molecule has 0 heterocycles. The molecule has 3 aromatic rings. The first-order valence-corrected chi connectivity index (χ1v) is 20.7. The molecule has 0 fully saturated rings. The van der Waals surface area contributed by atoms with Gasteiger partial charge in [-0.15, -0.1) is 0 Å². The van der Waals surface area contributed by atoms with Crippen molar-refractivity contribution in [1.29, 1.82) is 0 Å². The minimum absolute atomic E-state index is 1.22. The Balaban J connectivity index is 0.000000417. The average Bonchev–Trinajstić information content (AvgIpc) is 3.20. The predicted molar refractivity (Wildman–Crippen MR) is 212 cm³/mol. The van der Waals surface area contributed by atoms with Gasteiger partial charge in [0.05, 0.1) is 39.3 Å². The van der Waals surface area contributed by atoms with E-state index in [2.05, 4.69) is 107 Å². The molecule has 3 rings (SSSR count). The highest BCUT2D eigenvalue weighted by Crippen LogP contribution is 2.29. The van der Waals surface area contributed by atoms with E-state index in [1.165, 1.54) is 150 Å². The van der Waals surface area contributed by atoms with Gasteiger partial charge in [-0.25, -0.2) is 13.2 Å². The van der Waals surface area contributed by atoms with Gasteiger partial charge in [0.25, 0.3) is 0 Å². The minimum Gasteiger partial charge on any atom is -0.860 e. The molecule has 0 unspecified atom stereocenters. The van der Waals surface area contributed by atoms with Crippen molar-refractivity contribution >= 4 is 7.32 Å². The molecular formula is C44H68BF5N2O3. The van der Waals surface area contributed by atoms with Gasteiger partial charge >= 0.3 is 0 Å². The van der Waals surface area contributed by atoms with E-state index in [0.29, 0.717) is 0 Å². The van der Waals surface area contributed by atoms with Gasteiger partial charge in [0.1, 0.15) is 20.4 Å². The molecule has 0 aromatic heterocycles. The fraction of sp³-hybridized carbons (Fsp3) is 0.591. The van der Waals surface area contributed by atoms with Crippen LogP contribution in [0.3, 0.4) is 0 Å². The summed E-state index contributed by atoms with van der Waals surface area (Å²) in [6.07, 6.45) is 16.0. The molecule has 0 atom stereocenters. The smallest absolute Gasteiger partial charge is 0.205 e. The van der Waals surface area contributed by atoms with E-state index in [4.69, 9.17) is 0 Å².